The summed E-state index contributed by atoms with van der Waals surface area (Å²) in [6.07, 6.45) is 2.55. The van der Waals surface area contributed by atoms with E-state index in [4.69, 9.17) is 5.11 Å². The minimum Gasteiger partial charge on any atom is -0.478 e. The maximum absolute atomic E-state index is 10.7. The summed E-state index contributed by atoms with van der Waals surface area (Å²) in [5, 5.41) is 11.0. The van der Waals surface area contributed by atoms with E-state index in [0.29, 0.717) is 5.69 Å². The maximum Gasteiger partial charge on any atom is 0.328 e. The van der Waals surface area contributed by atoms with E-state index in [1.54, 1.807) is 24.3 Å². The molecule has 1 aromatic rings. The largest absolute Gasteiger partial charge is 0.478 e. The molecule has 0 aliphatic carbocycles. The summed E-state index contributed by atoms with van der Waals surface area (Å²) in [4.78, 5) is 21.0. The first-order valence-electron chi connectivity index (χ1n) is 4.36. The second-order valence-corrected chi connectivity index (χ2v) is 2.97. The molecule has 0 spiro atoms. The fraction of sp³-hybridized carbons (Fsp3) is 0.0909. The molecular weight excluding hydrogens is 194 g/mol. The first kappa shape index (κ1) is 11.0. The van der Waals surface area contributed by atoms with Crippen molar-refractivity contribution in [3.8, 4) is 0 Å². The van der Waals surface area contributed by atoms with E-state index >= 15 is 0 Å². The van der Waals surface area contributed by atoms with Crippen molar-refractivity contribution in [3.05, 3.63) is 35.9 Å². The second-order valence-electron chi connectivity index (χ2n) is 2.97. The lowest BCUT2D eigenvalue weighted by Crippen LogP contribution is -2.05. The van der Waals surface area contributed by atoms with Gasteiger partial charge in [-0.15, -0.1) is 0 Å². The minimum atomic E-state index is -0.985. The van der Waals surface area contributed by atoms with Crippen LogP contribution in [0.25, 0.3) is 6.08 Å². The number of carboxylic acid groups (broad SMARTS) is 1. The Hall–Kier alpha value is -2.10. The van der Waals surface area contributed by atoms with E-state index in [-0.39, 0.29) is 5.91 Å². The van der Waals surface area contributed by atoms with Crippen molar-refractivity contribution in [2.24, 2.45) is 0 Å². The van der Waals surface area contributed by atoms with E-state index in [0.717, 1.165) is 11.6 Å². The van der Waals surface area contributed by atoms with Crippen molar-refractivity contribution in [1.82, 2.24) is 0 Å². The predicted octanol–water partition coefficient (Wildman–Crippen LogP) is 1.74. The highest BCUT2D eigenvalue weighted by atomic mass is 16.4. The number of carbonyl (C=O) groups is 2. The monoisotopic (exact) mass is 205 g/mol. The number of rotatable bonds is 3. The van der Waals surface area contributed by atoms with Crippen LogP contribution in [0, 0.1) is 0 Å². The smallest absolute Gasteiger partial charge is 0.328 e. The van der Waals surface area contributed by atoms with Gasteiger partial charge in [-0.25, -0.2) is 4.79 Å². The number of hydrogen-bond donors (Lipinski definition) is 2. The molecule has 0 aromatic heterocycles. The van der Waals surface area contributed by atoms with Gasteiger partial charge in [-0.1, -0.05) is 12.1 Å². The van der Waals surface area contributed by atoms with Gasteiger partial charge < -0.3 is 10.4 Å². The molecule has 4 heteroatoms. The number of anilines is 1. The molecule has 1 rings (SSSR count). The molecule has 0 saturated heterocycles. The molecule has 15 heavy (non-hydrogen) atoms. The summed E-state index contributed by atoms with van der Waals surface area (Å²) in [5.41, 5.74) is 1.46. The van der Waals surface area contributed by atoms with Crippen molar-refractivity contribution in [2.75, 3.05) is 5.32 Å². The van der Waals surface area contributed by atoms with Gasteiger partial charge in [-0.3, -0.25) is 4.79 Å². The van der Waals surface area contributed by atoms with Crippen LogP contribution in [0.4, 0.5) is 5.69 Å². The highest BCUT2D eigenvalue weighted by Gasteiger charge is 1.94. The highest BCUT2D eigenvalue weighted by molar-refractivity contribution is 5.89. The SMILES string of the molecule is CC(=O)Nc1ccc(/C=C\C(=O)O)cc1. The third kappa shape index (κ3) is 4.08. The molecule has 0 atom stereocenters. The number of nitrogens with one attached hydrogen (secondary N) is 1. The molecular formula is C11H11NO3. The molecule has 2 N–H and O–H groups in total. The van der Waals surface area contributed by atoms with Gasteiger partial charge in [0.05, 0.1) is 0 Å². The molecule has 0 saturated carbocycles. The molecule has 4 nitrogen and oxygen atoms in total. The van der Waals surface area contributed by atoms with E-state index < -0.39 is 5.97 Å². The van der Waals surface area contributed by atoms with Crippen LogP contribution in [-0.4, -0.2) is 17.0 Å². The van der Waals surface area contributed by atoms with Crippen LogP contribution < -0.4 is 5.32 Å². The number of amides is 1. The molecule has 1 aromatic carbocycles. The number of carboxylic acids is 1. The van der Waals surface area contributed by atoms with E-state index in [1.807, 2.05) is 0 Å². The summed E-state index contributed by atoms with van der Waals surface area (Å²) in [6, 6.07) is 6.88. The van der Waals surface area contributed by atoms with E-state index in [1.165, 1.54) is 13.0 Å². The van der Waals surface area contributed by atoms with Crippen molar-refractivity contribution in [3.63, 3.8) is 0 Å². The summed E-state index contributed by atoms with van der Waals surface area (Å²) < 4.78 is 0. The van der Waals surface area contributed by atoms with Gasteiger partial charge >= 0.3 is 5.97 Å². The Kier molecular flexibility index (Phi) is 3.62. The normalized spacial score (nSPS) is 10.2. The lowest BCUT2D eigenvalue weighted by atomic mass is 10.2. The van der Waals surface area contributed by atoms with Gasteiger partial charge in [0.2, 0.25) is 5.91 Å². The molecule has 0 heterocycles. The van der Waals surface area contributed by atoms with Gasteiger partial charge in [0.15, 0.2) is 0 Å². The van der Waals surface area contributed by atoms with Gasteiger partial charge in [-0.2, -0.15) is 0 Å². The predicted molar refractivity (Wildman–Crippen MR) is 57.4 cm³/mol. The average Bonchev–Trinajstić information content (AvgIpc) is 2.16. The molecule has 78 valence electrons. The first-order valence-corrected chi connectivity index (χ1v) is 4.36. The van der Waals surface area contributed by atoms with Crippen LogP contribution in [0.15, 0.2) is 30.3 Å². The molecule has 0 fully saturated rings. The Balaban J connectivity index is 2.72. The van der Waals surface area contributed by atoms with E-state index in [2.05, 4.69) is 5.32 Å². The Morgan fingerprint density at radius 3 is 2.33 bits per heavy atom. The zero-order chi connectivity index (χ0) is 11.3. The number of benzene rings is 1. The molecule has 0 bridgehead atoms. The molecule has 0 aliphatic rings. The second kappa shape index (κ2) is 4.95. The average molecular weight is 205 g/mol. The van der Waals surface area contributed by atoms with Gasteiger partial charge in [0, 0.05) is 18.7 Å². The third-order valence-corrected chi connectivity index (χ3v) is 1.65. The van der Waals surface area contributed by atoms with Crippen LogP contribution in [0.2, 0.25) is 0 Å². The number of hydrogen-bond acceptors (Lipinski definition) is 2. The summed E-state index contributed by atoms with van der Waals surface area (Å²) >= 11 is 0. The van der Waals surface area contributed by atoms with Crippen LogP contribution in [0.5, 0.6) is 0 Å². The van der Waals surface area contributed by atoms with Crippen molar-refractivity contribution in [1.29, 1.82) is 0 Å². The standard InChI is InChI=1S/C11H11NO3/c1-8(13)12-10-5-2-9(3-6-10)4-7-11(14)15/h2-7H,1H3,(H,12,13)(H,14,15)/b7-4-. The minimum absolute atomic E-state index is 0.135. The lowest BCUT2D eigenvalue weighted by Gasteiger charge is -2.01. The van der Waals surface area contributed by atoms with Gasteiger partial charge in [0.25, 0.3) is 0 Å². The molecule has 0 unspecified atom stereocenters. The maximum atomic E-state index is 10.7. The number of aliphatic carboxylic acids is 1. The molecule has 0 radical (unpaired) electrons. The van der Waals surface area contributed by atoms with Crippen LogP contribution in [0.1, 0.15) is 12.5 Å². The van der Waals surface area contributed by atoms with Gasteiger partial charge in [0.1, 0.15) is 0 Å². The summed E-state index contributed by atoms with van der Waals surface area (Å²) in [5.74, 6) is -1.12. The topological polar surface area (TPSA) is 66.4 Å². The fourth-order valence-corrected chi connectivity index (χ4v) is 1.05. The van der Waals surface area contributed by atoms with Crippen molar-refractivity contribution in [2.45, 2.75) is 6.92 Å². The van der Waals surface area contributed by atoms with Crippen molar-refractivity contribution >= 4 is 23.6 Å². The van der Waals surface area contributed by atoms with Crippen LogP contribution >= 0.6 is 0 Å². The quantitative estimate of drug-likeness (QED) is 0.738. The van der Waals surface area contributed by atoms with Gasteiger partial charge in [-0.05, 0) is 23.8 Å². The molecule has 0 aliphatic heterocycles. The van der Waals surface area contributed by atoms with Crippen LogP contribution in [-0.2, 0) is 9.59 Å². The number of carbonyl (C=O) groups excluding carboxylic acids is 1. The zero-order valence-corrected chi connectivity index (χ0v) is 8.23. The Morgan fingerprint density at radius 2 is 1.87 bits per heavy atom. The molecule has 1 amide bonds. The van der Waals surface area contributed by atoms with E-state index in [9.17, 15) is 9.59 Å². The Labute approximate surface area is 87.2 Å². The zero-order valence-electron chi connectivity index (χ0n) is 8.23. The summed E-state index contributed by atoms with van der Waals surface area (Å²) in [7, 11) is 0. The highest BCUT2D eigenvalue weighted by Crippen LogP contribution is 2.10. The van der Waals surface area contributed by atoms with Crippen LogP contribution in [0.3, 0.4) is 0 Å². The summed E-state index contributed by atoms with van der Waals surface area (Å²) in [6.45, 7) is 1.43. The fourth-order valence-electron chi connectivity index (χ4n) is 1.05. The Morgan fingerprint density at radius 1 is 1.27 bits per heavy atom. The first-order chi connectivity index (χ1) is 7.08. The lowest BCUT2D eigenvalue weighted by molar-refractivity contribution is -0.131. The Bertz CT molecular complexity index is 393. The third-order valence-electron chi connectivity index (χ3n) is 1.65. The van der Waals surface area contributed by atoms with Crippen molar-refractivity contribution < 1.29 is 14.7 Å².